The first-order valence-corrected chi connectivity index (χ1v) is 12.2. The highest BCUT2D eigenvalue weighted by Gasteiger charge is 2.26. The van der Waals surface area contributed by atoms with Crippen LogP contribution in [0.5, 0.6) is 0 Å². The molecule has 0 N–H and O–H groups in total. The van der Waals surface area contributed by atoms with E-state index in [0.717, 1.165) is 29.5 Å². The summed E-state index contributed by atoms with van der Waals surface area (Å²) < 4.78 is 28.6. The molecule has 3 aromatic carbocycles. The van der Waals surface area contributed by atoms with Gasteiger partial charge in [0, 0.05) is 25.9 Å². The lowest BCUT2D eigenvalue weighted by atomic mass is 9.83. The summed E-state index contributed by atoms with van der Waals surface area (Å²) in [4.78, 5) is 11.8. The van der Waals surface area contributed by atoms with Gasteiger partial charge in [0.05, 0.1) is 4.90 Å². The molecule has 5 heteroatoms. The van der Waals surface area contributed by atoms with Crippen LogP contribution in [-0.2, 0) is 27.9 Å². The second-order valence-corrected chi connectivity index (χ2v) is 10.1. The number of carbonyl (C=O) groups excluding carboxylic acids is 1. The van der Waals surface area contributed by atoms with E-state index in [-0.39, 0.29) is 0 Å². The second-order valence-electron chi connectivity index (χ2n) is 8.13. The van der Waals surface area contributed by atoms with E-state index in [2.05, 4.69) is 0 Å². The molecule has 0 spiro atoms. The Labute approximate surface area is 184 Å². The predicted octanol–water partition coefficient (Wildman–Crippen LogP) is 5.30. The van der Waals surface area contributed by atoms with Crippen LogP contribution in [0, 0.1) is 0 Å². The zero-order chi connectivity index (χ0) is 21.7. The van der Waals surface area contributed by atoms with Gasteiger partial charge in [0.25, 0.3) is 0 Å². The standard InChI is InChI=1S/C26H27NO3S/c28-25-15-11-23(12-16-25)24-13-17-26(18-14-24)31(29,30)27(19-21-7-3-1-4-8-21)20-22-9-5-2-6-10-22/h1-10,13-14,17-18,23H,11-12,15-16,19-20H2. The maximum atomic E-state index is 13.6. The van der Waals surface area contributed by atoms with Crippen LogP contribution in [0.3, 0.4) is 0 Å². The summed E-state index contributed by atoms with van der Waals surface area (Å²) in [7, 11) is -3.67. The van der Waals surface area contributed by atoms with Crippen molar-refractivity contribution in [3.05, 3.63) is 102 Å². The van der Waals surface area contributed by atoms with Crippen molar-refractivity contribution < 1.29 is 13.2 Å². The van der Waals surface area contributed by atoms with Crippen molar-refractivity contribution in [1.29, 1.82) is 0 Å². The Balaban J connectivity index is 1.59. The molecule has 3 aromatic rings. The molecule has 0 atom stereocenters. The van der Waals surface area contributed by atoms with Crippen molar-refractivity contribution in [2.45, 2.75) is 49.6 Å². The van der Waals surface area contributed by atoms with Crippen LogP contribution in [0.1, 0.15) is 48.3 Å². The van der Waals surface area contributed by atoms with E-state index in [0.29, 0.717) is 42.5 Å². The van der Waals surface area contributed by atoms with E-state index in [1.165, 1.54) is 4.31 Å². The normalized spacial score (nSPS) is 15.3. The SMILES string of the molecule is O=C1CCC(c2ccc(S(=O)(=O)N(Cc3ccccc3)Cc3ccccc3)cc2)CC1. The monoisotopic (exact) mass is 433 g/mol. The zero-order valence-electron chi connectivity index (χ0n) is 17.5. The van der Waals surface area contributed by atoms with Crippen LogP contribution >= 0.6 is 0 Å². The molecule has 1 fully saturated rings. The van der Waals surface area contributed by atoms with Crippen molar-refractivity contribution in [3.63, 3.8) is 0 Å². The Kier molecular flexibility index (Phi) is 6.64. The third kappa shape index (κ3) is 5.30. The summed E-state index contributed by atoms with van der Waals surface area (Å²) in [5.41, 5.74) is 3.01. The van der Waals surface area contributed by atoms with Gasteiger partial charge in [-0.25, -0.2) is 8.42 Å². The zero-order valence-corrected chi connectivity index (χ0v) is 18.3. The van der Waals surface area contributed by atoms with Crippen molar-refractivity contribution in [3.8, 4) is 0 Å². The summed E-state index contributed by atoms with van der Waals surface area (Å²) in [5.74, 6) is 0.659. The topological polar surface area (TPSA) is 54.5 Å². The van der Waals surface area contributed by atoms with Crippen LogP contribution in [-0.4, -0.2) is 18.5 Å². The fourth-order valence-corrected chi connectivity index (χ4v) is 5.55. The Hall–Kier alpha value is -2.76. The molecular formula is C26H27NO3S. The number of hydrogen-bond donors (Lipinski definition) is 0. The molecule has 4 nitrogen and oxygen atoms in total. The predicted molar refractivity (Wildman–Crippen MR) is 122 cm³/mol. The highest BCUT2D eigenvalue weighted by atomic mass is 32.2. The maximum absolute atomic E-state index is 13.6. The summed E-state index contributed by atoms with van der Waals surface area (Å²) >= 11 is 0. The lowest BCUT2D eigenvalue weighted by Crippen LogP contribution is -2.30. The molecule has 0 aliphatic heterocycles. The summed E-state index contributed by atoms with van der Waals surface area (Å²) in [6.45, 7) is 0.620. The van der Waals surface area contributed by atoms with E-state index in [4.69, 9.17) is 0 Å². The van der Waals surface area contributed by atoms with Gasteiger partial charge in [-0.2, -0.15) is 4.31 Å². The molecule has 0 radical (unpaired) electrons. The van der Waals surface area contributed by atoms with Crippen LogP contribution in [0.25, 0.3) is 0 Å². The molecule has 31 heavy (non-hydrogen) atoms. The van der Waals surface area contributed by atoms with Crippen LogP contribution in [0.15, 0.2) is 89.8 Å². The molecule has 1 aliphatic carbocycles. The fourth-order valence-electron chi connectivity index (χ4n) is 4.13. The van der Waals surface area contributed by atoms with E-state index < -0.39 is 10.0 Å². The number of sulfonamides is 1. The number of nitrogens with zero attached hydrogens (tertiary/aromatic N) is 1. The Morgan fingerprint density at radius 3 is 1.68 bits per heavy atom. The average Bonchev–Trinajstić information content (AvgIpc) is 2.81. The second kappa shape index (κ2) is 9.58. The van der Waals surface area contributed by atoms with Gasteiger partial charge in [-0.05, 0) is 47.6 Å². The van der Waals surface area contributed by atoms with Gasteiger partial charge in [-0.3, -0.25) is 4.79 Å². The molecule has 0 aromatic heterocycles. The minimum absolute atomic E-state index is 0.301. The van der Waals surface area contributed by atoms with Gasteiger partial charge in [-0.15, -0.1) is 0 Å². The first-order valence-electron chi connectivity index (χ1n) is 10.7. The lowest BCUT2D eigenvalue weighted by Gasteiger charge is -2.24. The number of hydrogen-bond acceptors (Lipinski definition) is 3. The third-order valence-electron chi connectivity index (χ3n) is 5.94. The molecule has 0 bridgehead atoms. The fraction of sp³-hybridized carbons (Fsp3) is 0.269. The number of benzene rings is 3. The number of Topliss-reactive ketones (excluding diaryl/α,β-unsaturated/α-hetero) is 1. The van der Waals surface area contributed by atoms with Gasteiger partial charge in [-0.1, -0.05) is 72.8 Å². The molecule has 160 valence electrons. The highest BCUT2D eigenvalue weighted by molar-refractivity contribution is 7.89. The molecule has 1 aliphatic rings. The molecule has 0 amide bonds. The van der Waals surface area contributed by atoms with Gasteiger partial charge in [0.1, 0.15) is 5.78 Å². The van der Waals surface area contributed by atoms with Gasteiger partial charge in [0.15, 0.2) is 0 Å². The van der Waals surface area contributed by atoms with Gasteiger partial charge >= 0.3 is 0 Å². The van der Waals surface area contributed by atoms with Gasteiger partial charge in [0.2, 0.25) is 10.0 Å². The van der Waals surface area contributed by atoms with Crippen LogP contribution in [0.4, 0.5) is 0 Å². The molecule has 4 rings (SSSR count). The minimum Gasteiger partial charge on any atom is -0.300 e. The van der Waals surface area contributed by atoms with E-state index >= 15 is 0 Å². The smallest absolute Gasteiger partial charge is 0.243 e. The third-order valence-corrected chi connectivity index (χ3v) is 7.74. The van der Waals surface area contributed by atoms with Crippen molar-refractivity contribution >= 4 is 15.8 Å². The van der Waals surface area contributed by atoms with Crippen LogP contribution < -0.4 is 0 Å². The largest absolute Gasteiger partial charge is 0.300 e. The number of rotatable bonds is 7. The molecule has 0 saturated heterocycles. The molecule has 0 unspecified atom stereocenters. The Morgan fingerprint density at radius 1 is 0.710 bits per heavy atom. The molecular weight excluding hydrogens is 406 g/mol. The van der Waals surface area contributed by atoms with Gasteiger partial charge < -0.3 is 0 Å². The minimum atomic E-state index is -3.67. The van der Waals surface area contributed by atoms with E-state index in [1.54, 1.807) is 12.1 Å². The van der Waals surface area contributed by atoms with Crippen LogP contribution in [0.2, 0.25) is 0 Å². The van der Waals surface area contributed by atoms with Crippen molar-refractivity contribution in [1.82, 2.24) is 4.31 Å². The average molecular weight is 434 g/mol. The lowest BCUT2D eigenvalue weighted by molar-refractivity contribution is -0.120. The van der Waals surface area contributed by atoms with E-state index in [9.17, 15) is 13.2 Å². The molecule has 0 heterocycles. The summed E-state index contributed by atoms with van der Waals surface area (Å²) in [6, 6.07) is 26.6. The number of carbonyl (C=O) groups is 1. The van der Waals surface area contributed by atoms with Crippen molar-refractivity contribution in [2.75, 3.05) is 0 Å². The molecule has 1 saturated carbocycles. The first-order chi connectivity index (χ1) is 15.0. The summed E-state index contributed by atoms with van der Waals surface area (Å²) in [5, 5.41) is 0. The quantitative estimate of drug-likeness (QED) is 0.508. The Morgan fingerprint density at radius 2 is 1.19 bits per heavy atom. The van der Waals surface area contributed by atoms with Crippen molar-refractivity contribution in [2.24, 2.45) is 0 Å². The van der Waals surface area contributed by atoms with E-state index in [1.807, 2.05) is 72.8 Å². The maximum Gasteiger partial charge on any atom is 0.243 e. The number of ketones is 1. The first kappa shape index (κ1) is 21.5. The Bertz CT molecular complexity index is 1060. The highest BCUT2D eigenvalue weighted by Crippen LogP contribution is 2.32. The summed E-state index contributed by atoms with van der Waals surface area (Å²) in [6.07, 6.45) is 2.93.